The zero-order valence-electron chi connectivity index (χ0n) is 11.2. The molecule has 0 aliphatic carbocycles. The molecular weight excluding hydrogens is 266 g/mol. The van der Waals surface area contributed by atoms with Crippen LogP contribution in [0.5, 0.6) is 0 Å². The minimum Gasteiger partial charge on any atom is -0.342 e. The molecule has 0 atom stereocenters. The van der Waals surface area contributed by atoms with E-state index in [0.717, 1.165) is 0 Å². The summed E-state index contributed by atoms with van der Waals surface area (Å²) in [5.41, 5.74) is -0.543. The zero-order chi connectivity index (χ0) is 14.2. The molecule has 1 aromatic rings. The van der Waals surface area contributed by atoms with Crippen molar-refractivity contribution in [2.45, 2.75) is 19.4 Å². The summed E-state index contributed by atoms with van der Waals surface area (Å²) in [7, 11) is 1.74. The quantitative estimate of drug-likeness (QED) is 0.732. The molecule has 1 aliphatic heterocycles. The van der Waals surface area contributed by atoms with E-state index in [1.165, 1.54) is 6.20 Å². The molecule has 0 spiro atoms. The van der Waals surface area contributed by atoms with Gasteiger partial charge in [0.1, 0.15) is 10.7 Å². The van der Waals surface area contributed by atoms with Crippen LogP contribution in [0.15, 0.2) is 18.3 Å². The van der Waals surface area contributed by atoms with E-state index in [2.05, 4.69) is 4.98 Å². The monoisotopic (exact) mass is 281 g/mol. The molecule has 1 saturated heterocycles. The van der Waals surface area contributed by atoms with E-state index >= 15 is 0 Å². The van der Waals surface area contributed by atoms with Crippen LogP contribution in [0.2, 0.25) is 5.15 Å². The Morgan fingerprint density at radius 1 is 1.42 bits per heavy atom. The minimum atomic E-state index is -0.872. The lowest BCUT2D eigenvalue weighted by Crippen LogP contribution is -2.63. The molecule has 0 radical (unpaired) electrons. The van der Waals surface area contributed by atoms with Gasteiger partial charge in [-0.3, -0.25) is 9.59 Å². The van der Waals surface area contributed by atoms with Crippen molar-refractivity contribution in [2.75, 3.05) is 20.1 Å². The van der Waals surface area contributed by atoms with Crippen LogP contribution in [0.3, 0.4) is 0 Å². The van der Waals surface area contributed by atoms with Crippen LogP contribution >= 0.6 is 11.6 Å². The third-order valence-corrected chi connectivity index (χ3v) is 3.74. The highest BCUT2D eigenvalue weighted by Crippen LogP contribution is 2.25. The Kier molecular flexibility index (Phi) is 3.49. The molecule has 1 aliphatic rings. The topological polar surface area (TPSA) is 53.5 Å². The molecular formula is C13H16ClN3O2. The zero-order valence-corrected chi connectivity index (χ0v) is 11.9. The smallest absolute Gasteiger partial charge is 0.257 e. The van der Waals surface area contributed by atoms with Crippen molar-refractivity contribution in [1.29, 1.82) is 0 Å². The van der Waals surface area contributed by atoms with Crippen molar-refractivity contribution >= 4 is 23.4 Å². The Morgan fingerprint density at radius 3 is 2.74 bits per heavy atom. The summed E-state index contributed by atoms with van der Waals surface area (Å²) in [6, 6.07) is 3.28. The van der Waals surface area contributed by atoms with Gasteiger partial charge in [0.2, 0.25) is 5.91 Å². The lowest BCUT2D eigenvalue weighted by molar-refractivity contribution is -0.144. The summed E-state index contributed by atoms with van der Waals surface area (Å²) in [4.78, 5) is 31.8. The van der Waals surface area contributed by atoms with Crippen molar-refractivity contribution < 1.29 is 9.59 Å². The Balaban J connectivity index is 2.34. The van der Waals surface area contributed by atoms with Gasteiger partial charge in [-0.1, -0.05) is 11.6 Å². The second kappa shape index (κ2) is 4.81. The molecule has 1 fully saturated rings. The highest BCUT2D eigenvalue weighted by atomic mass is 35.5. The number of amides is 2. The summed E-state index contributed by atoms with van der Waals surface area (Å²) in [5.74, 6) is -0.336. The largest absolute Gasteiger partial charge is 0.342 e. The Labute approximate surface area is 117 Å². The van der Waals surface area contributed by atoms with Gasteiger partial charge in [-0.05, 0) is 26.0 Å². The SMILES string of the molecule is CN1CCN(C(=O)c2cccnc2Cl)C(C)(C)C1=O. The first-order valence-electron chi connectivity index (χ1n) is 6.03. The van der Waals surface area contributed by atoms with Crippen LogP contribution in [0.25, 0.3) is 0 Å². The number of carbonyl (C=O) groups excluding carboxylic acids is 2. The lowest BCUT2D eigenvalue weighted by Gasteiger charge is -2.44. The molecule has 0 saturated carbocycles. The van der Waals surface area contributed by atoms with Crippen molar-refractivity contribution in [2.24, 2.45) is 0 Å². The summed E-state index contributed by atoms with van der Waals surface area (Å²) >= 11 is 5.94. The number of carbonyl (C=O) groups is 2. The summed E-state index contributed by atoms with van der Waals surface area (Å²) in [6.45, 7) is 4.49. The molecule has 0 bridgehead atoms. The van der Waals surface area contributed by atoms with Crippen LogP contribution in [-0.2, 0) is 4.79 Å². The van der Waals surface area contributed by atoms with Gasteiger partial charge in [-0.2, -0.15) is 0 Å². The second-order valence-corrected chi connectivity index (χ2v) is 5.44. The molecule has 1 aromatic heterocycles. The highest BCUT2D eigenvalue weighted by Gasteiger charge is 2.43. The van der Waals surface area contributed by atoms with E-state index in [0.29, 0.717) is 18.7 Å². The molecule has 2 heterocycles. The third kappa shape index (κ3) is 2.30. The van der Waals surface area contributed by atoms with Crippen molar-refractivity contribution in [3.63, 3.8) is 0 Å². The maximum absolute atomic E-state index is 12.5. The molecule has 2 amide bonds. The number of pyridine rings is 1. The normalized spacial score (nSPS) is 18.6. The minimum absolute atomic E-state index is 0.0767. The van der Waals surface area contributed by atoms with Gasteiger partial charge in [-0.25, -0.2) is 4.98 Å². The van der Waals surface area contributed by atoms with Crippen LogP contribution < -0.4 is 0 Å². The van der Waals surface area contributed by atoms with E-state index in [1.54, 1.807) is 42.8 Å². The molecule has 0 N–H and O–H groups in total. The van der Waals surface area contributed by atoms with Crippen LogP contribution in [0, 0.1) is 0 Å². The second-order valence-electron chi connectivity index (χ2n) is 5.08. The fourth-order valence-corrected chi connectivity index (χ4v) is 2.46. The van der Waals surface area contributed by atoms with Gasteiger partial charge in [0, 0.05) is 26.3 Å². The lowest BCUT2D eigenvalue weighted by atomic mass is 9.97. The Hall–Kier alpha value is -1.62. The molecule has 6 heteroatoms. The average Bonchev–Trinajstić information content (AvgIpc) is 2.36. The summed E-state index contributed by atoms with van der Waals surface area (Å²) in [6.07, 6.45) is 1.53. The number of rotatable bonds is 1. The Morgan fingerprint density at radius 2 is 2.11 bits per heavy atom. The van der Waals surface area contributed by atoms with Gasteiger partial charge in [0.15, 0.2) is 0 Å². The van der Waals surface area contributed by atoms with Crippen LogP contribution in [0.1, 0.15) is 24.2 Å². The van der Waals surface area contributed by atoms with Gasteiger partial charge in [0.25, 0.3) is 5.91 Å². The van der Waals surface area contributed by atoms with E-state index in [9.17, 15) is 9.59 Å². The molecule has 2 rings (SSSR count). The first kappa shape index (κ1) is 13.8. The fraction of sp³-hybridized carbons (Fsp3) is 0.462. The first-order valence-corrected chi connectivity index (χ1v) is 6.41. The van der Waals surface area contributed by atoms with Crippen molar-refractivity contribution in [1.82, 2.24) is 14.8 Å². The number of hydrogen-bond donors (Lipinski definition) is 0. The van der Waals surface area contributed by atoms with Gasteiger partial charge in [-0.15, -0.1) is 0 Å². The summed E-state index contributed by atoms with van der Waals surface area (Å²) in [5, 5.41) is 0.162. The summed E-state index contributed by atoms with van der Waals surface area (Å²) < 4.78 is 0. The fourth-order valence-electron chi connectivity index (χ4n) is 2.26. The number of nitrogens with zero attached hydrogens (tertiary/aromatic N) is 3. The number of piperazine rings is 1. The maximum Gasteiger partial charge on any atom is 0.257 e. The van der Waals surface area contributed by atoms with Crippen LogP contribution in [-0.4, -0.2) is 52.3 Å². The van der Waals surface area contributed by atoms with Crippen molar-refractivity contribution in [3.8, 4) is 0 Å². The predicted octanol–water partition coefficient (Wildman–Crippen LogP) is 1.43. The van der Waals surface area contributed by atoms with Gasteiger partial charge < -0.3 is 9.80 Å². The maximum atomic E-state index is 12.5. The molecule has 0 unspecified atom stereocenters. The molecule has 0 aromatic carbocycles. The predicted molar refractivity (Wildman–Crippen MR) is 72.0 cm³/mol. The standard InChI is InChI=1S/C13H16ClN3O2/c1-13(2)12(19)16(3)7-8-17(13)11(18)9-5-4-6-15-10(9)14/h4-6H,7-8H2,1-3H3. The third-order valence-electron chi connectivity index (χ3n) is 3.44. The van der Waals surface area contributed by atoms with E-state index in [-0.39, 0.29) is 17.0 Å². The average molecular weight is 282 g/mol. The Bertz CT molecular complexity index is 530. The first-order chi connectivity index (χ1) is 8.85. The number of halogens is 1. The van der Waals surface area contributed by atoms with Gasteiger partial charge >= 0.3 is 0 Å². The molecule has 102 valence electrons. The number of aromatic nitrogens is 1. The van der Waals surface area contributed by atoms with E-state index in [4.69, 9.17) is 11.6 Å². The molecule has 5 nitrogen and oxygen atoms in total. The number of likely N-dealkylation sites (N-methyl/N-ethyl adjacent to an activating group) is 1. The van der Waals surface area contributed by atoms with Gasteiger partial charge in [0.05, 0.1) is 5.56 Å². The number of hydrogen-bond acceptors (Lipinski definition) is 3. The van der Waals surface area contributed by atoms with E-state index in [1.807, 2.05) is 0 Å². The van der Waals surface area contributed by atoms with Crippen molar-refractivity contribution in [3.05, 3.63) is 29.0 Å². The molecule has 19 heavy (non-hydrogen) atoms. The highest BCUT2D eigenvalue weighted by molar-refractivity contribution is 6.32. The van der Waals surface area contributed by atoms with E-state index < -0.39 is 5.54 Å². The van der Waals surface area contributed by atoms with Crippen LogP contribution in [0.4, 0.5) is 0 Å².